The average molecular weight is 305 g/mol. The Morgan fingerprint density at radius 3 is 2.30 bits per heavy atom. The molecule has 2 N–H and O–H groups in total. The highest BCUT2D eigenvalue weighted by molar-refractivity contribution is 7.89. The summed E-state index contributed by atoms with van der Waals surface area (Å²) >= 11 is 0. The van der Waals surface area contributed by atoms with Crippen molar-refractivity contribution in [2.75, 3.05) is 31.9 Å². The molecule has 1 heterocycles. The van der Waals surface area contributed by atoms with E-state index in [4.69, 9.17) is 0 Å². The Morgan fingerprint density at radius 1 is 1.05 bits per heavy atom. The number of amides is 2. The topological polar surface area (TPSA) is 95.6 Å². The van der Waals surface area contributed by atoms with Crippen molar-refractivity contribution >= 4 is 21.8 Å². The zero-order chi connectivity index (χ0) is 15.0. The number of hydrogen-bond acceptors (Lipinski definition) is 4. The Kier molecular flexibility index (Phi) is 6.94. The Labute approximate surface area is 120 Å². The largest absolute Gasteiger partial charge is 0.356 e. The van der Waals surface area contributed by atoms with E-state index in [-0.39, 0.29) is 37.1 Å². The van der Waals surface area contributed by atoms with Gasteiger partial charge in [0.25, 0.3) is 0 Å². The summed E-state index contributed by atoms with van der Waals surface area (Å²) in [5, 5.41) is 5.06. The predicted octanol–water partition coefficient (Wildman–Crippen LogP) is -0.555. The molecule has 0 aromatic carbocycles. The highest BCUT2D eigenvalue weighted by atomic mass is 32.2. The van der Waals surface area contributed by atoms with Crippen molar-refractivity contribution in [3.63, 3.8) is 0 Å². The van der Waals surface area contributed by atoms with E-state index >= 15 is 0 Å². The molecule has 1 fully saturated rings. The number of carbonyl (C=O) groups is 2. The molecule has 0 atom stereocenters. The summed E-state index contributed by atoms with van der Waals surface area (Å²) in [6.45, 7) is 2.92. The van der Waals surface area contributed by atoms with Crippen molar-refractivity contribution in [3.8, 4) is 0 Å². The lowest BCUT2D eigenvalue weighted by Gasteiger charge is -2.25. The van der Waals surface area contributed by atoms with E-state index in [2.05, 4.69) is 10.6 Å². The molecule has 8 heteroatoms. The molecule has 1 saturated heterocycles. The van der Waals surface area contributed by atoms with Crippen LogP contribution in [0.15, 0.2) is 0 Å². The minimum absolute atomic E-state index is 0.0706. The van der Waals surface area contributed by atoms with Crippen molar-refractivity contribution in [2.45, 2.75) is 32.6 Å². The van der Waals surface area contributed by atoms with Crippen LogP contribution in [0.1, 0.15) is 32.6 Å². The number of nitrogens with one attached hydrogen (secondary N) is 2. The number of rotatable bonds is 7. The van der Waals surface area contributed by atoms with Crippen LogP contribution in [-0.4, -0.2) is 56.5 Å². The van der Waals surface area contributed by atoms with Crippen LogP contribution in [-0.2, 0) is 19.6 Å². The summed E-state index contributed by atoms with van der Waals surface area (Å²) < 4.78 is 25.5. The zero-order valence-corrected chi connectivity index (χ0v) is 12.7. The lowest BCUT2D eigenvalue weighted by molar-refractivity contribution is -0.121. The molecule has 116 valence electrons. The third kappa shape index (κ3) is 6.33. The van der Waals surface area contributed by atoms with Gasteiger partial charge in [0.2, 0.25) is 21.8 Å². The third-order valence-corrected chi connectivity index (χ3v) is 4.99. The first-order valence-electron chi connectivity index (χ1n) is 6.91. The molecular weight excluding hydrogens is 282 g/mol. The van der Waals surface area contributed by atoms with Gasteiger partial charge in [-0.3, -0.25) is 9.59 Å². The van der Waals surface area contributed by atoms with Gasteiger partial charge in [-0.25, -0.2) is 12.7 Å². The second kappa shape index (κ2) is 8.21. The Hall–Kier alpha value is -1.15. The van der Waals surface area contributed by atoms with Crippen LogP contribution in [0.25, 0.3) is 0 Å². The van der Waals surface area contributed by atoms with Gasteiger partial charge in [0.15, 0.2) is 0 Å². The lowest BCUT2D eigenvalue weighted by Crippen LogP contribution is -2.40. The summed E-state index contributed by atoms with van der Waals surface area (Å²) in [5.74, 6) is -0.517. The number of sulfonamides is 1. The molecule has 0 radical (unpaired) electrons. The van der Waals surface area contributed by atoms with Crippen molar-refractivity contribution in [3.05, 3.63) is 0 Å². The molecule has 2 amide bonds. The lowest BCUT2D eigenvalue weighted by atomic mass is 10.2. The van der Waals surface area contributed by atoms with Crippen LogP contribution < -0.4 is 10.6 Å². The van der Waals surface area contributed by atoms with Gasteiger partial charge in [0.1, 0.15) is 0 Å². The molecular formula is C12H23N3O4S. The molecule has 0 unspecified atom stereocenters. The normalized spacial score (nSPS) is 16.6. The Balaban J connectivity index is 2.21. The fourth-order valence-corrected chi connectivity index (χ4v) is 3.46. The molecule has 1 aliphatic rings. The van der Waals surface area contributed by atoms with E-state index in [1.165, 1.54) is 11.2 Å². The van der Waals surface area contributed by atoms with Gasteiger partial charge in [-0.05, 0) is 12.8 Å². The van der Waals surface area contributed by atoms with E-state index in [1.807, 2.05) is 0 Å². The zero-order valence-electron chi connectivity index (χ0n) is 11.9. The van der Waals surface area contributed by atoms with Gasteiger partial charge in [0.05, 0.1) is 5.75 Å². The molecule has 0 saturated carbocycles. The SMILES string of the molecule is CC(=O)NCCC(=O)NCCS(=O)(=O)N1CCCCC1. The molecule has 0 bridgehead atoms. The summed E-state index contributed by atoms with van der Waals surface area (Å²) in [6.07, 6.45) is 3.04. The van der Waals surface area contributed by atoms with E-state index in [1.54, 1.807) is 0 Å². The molecule has 1 aliphatic heterocycles. The van der Waals surface area contributed by atoms with Crippen molar-refractivity contribution in [1.82, 2.24) is 14.9 Å². The number of nitrogens with zero attached hydrogens (tertiary/aromatic N) is 1. The Morgan fingerprint density at radius 2 is 1.70 bits per heavy atom. The average Bonchev–Trinajstić information content (AvgIpc) is 2.39. The number of carbonyl (C=O) groups excluding carboxylic acids is 2. The van der Waals surface area contributed by atoms with E-state index in [0.29, 0.717) is 13.1 Å². The second-order valence-electron chi connectivity index (χ2n) is 4.86. The van der Waals surface area contributed by atoms with Crippen molar-refractivity contribution < 1.29 is 18.0 Å². The molecule has 0 spiro atoms. The van der Waals surface area contributed by atoms with Gasteiger partial charge in [-0.1, -0.05) is 6.42 Å². The van der Waals surface area contributed by atoms with Gasteiger partial charge >= 0.3 is 0 Å². The van der Waals surface area contributed by atoms with Crippen LogP contribution in [0.5, 0.6) is 0 Å². The maximum absolute atomic E-state index is 12.0. The molecule has 0 aromatic heterocycles. The van der Waals surface area contributed by atoms with Crippen LogP contribution in [0, 0.1) is 0 Å². The van der Waals surface area contributed by atoms with Crippen LogP contribution in [0.4, 0.5) is 0 Å². The summed E-state index contributed by atoms with van der Waals surface area (Å²) in [4.78, 5) is 22.0. The molecule has 0 aliphatic carbocycles. The quantitative estimate of drug-likeness (QED) is 0.659. The fourth-order valence-electron chi connectivity index (χ4n) is 2.03. The fraction of sp³-hybridized carbons (Fsp3) is 0.833. The molecule has 1 rings (SSSR count). The van der Waals surface area contributed by atoms with Crippen LogP contribution in [0.3, 0.4) is 0 Å². The van der Waals surface area contributed by atoms with Crippen molar-refractivity contribution in [1.29, 1.82) is 0 Å². The van der Waals surface area contributed by atoms with Gasteiger partial charge < -0.3 is 10.6 Å². The van der Waals surface area contributed by atoms with Gasteiger partial charge in [0, 0.05) is 39.5 Å². The maximum Gasteiger partial charge on any atom is 0.221 e. The van der Waals surface area contributed by atoms with Gasteiger partial charge in [-0.2, -0.15) is 0 Å². The van der Waals surface area contributed by atoms with E-state index < -0.39 is 10.0 Å². The highest BCUT2D eigenvalue weighted by Gasteiger charge is 2.23. The smallest absolute Gasteiger partial charge is 0.221 e. The minimum atomic E-state index is -3.26. The summed E-state index contributed by atoms with van der Waals surface area (Å²) in [7, 11) is -3.26. The van der Waals surface area contributed by atoms with Crippen molar-refractivity contribution in [2.24, 2.45) is 0 Å². The van der Waals surface area contributed by atoms with E-state index in [9.17, 15) is 18.0 Å². The van der Waals surface area contributed by atoms with E-state index in [0.717, 1.165) is 19.3 Å². The monoisotopic (exact) mass is 305 g/mol. The first kappa shape index (κ1) is 16.9. The summed E-state index contributed by atoms with van der Waals surface area (Å²) in [6, 6.07) is 0. The third-order valence-electron chi connectivity index (χ3n) is 3.12. The van der Waals surface area contributed by atoms with Gasteiger partial charge in [-0.15, -0.1) is 0 Å². The van der Waals surface area contributed by atoms with Crippen LogP contribution >= 0.6 is 0 Å². The number of hydrogen-bond donors (Lipinski definition) is 2. The molecule has 20 heavy (non-hydrogen) atoms. The maximum atomic E-state index is 12.0. The minimum Gasteiger partial charge on any atom is -0.356 e. The van der Waals surface area contributed by atoms with Crippen LogP contribution in [0.2, 0.25) is 0 Å². The second-order valence-corrected chi connectivity index (χ2v) is 6.95. The summed E-state index contributed by atoms with van der Waals surface area (Å²) in [5.41, 5.74) is 0. The molecule has 0 aromatic rings. The first-order chi connectivity index (χ1) is 9.42. The molecule has 7 nitrogen and oxygen atoms in total. The standard InChI is InChI=1S/C12H23N3O4S/c1-11(16)13-6-5-12(17)14-7-10-20(18,19)15-8-3-2-4-9-15/h2-10H2,1H3,(H,13,16)(H,14,17). The highest BCUT2D eigenvalue weighted by Crippen LogP contribution is 2.12. The first-order valence-corrected chi connectivity index (χ1v) is 8.52. The Bertz CT molecular complexity index is 430. The number of piperidine rings is 1. The predicted molar refractivity (Wildman–Crippen MR) is 75.5 cm³/mol.